The van der Waals surface area contributed by atoms with Crippen molar-refractivity contribution < 1.29 is 14.3 Å². The van der Waals surface area contributed by atoms with E-state index in [0.29, 0.717) is 12.5 Å². The molecule has 0 aliphatic rings. The number of ether oxygens (including phenoxy) is 2. The van der Waals surface area contributed by atoms with Gasteiger partial charge in [-0.25, -0.2) is 4.79 Å². The molecule has 0 fully saturated rings. The van der Waals surface area contributed by atoms with Crippen LogP contribution in [0.25, 0.3) is 0 Å². The molecule has 1 aromatic rings. The molecule has 0 aliphatic heterocycles. The molecule has 0 heterocycles. The number of carbonyl (C=O) groups is 1. The quantitative estimate of drug-likeness (QED) is 0.572. The van der Waals surface area contributed by atoms with Crippen LogP contribution in [0.1, 0.15) is 50.5 Å². The maximum atomic E-state index is 10.7. The topological polar surface area (TPSA) is 73.6 Å². The number of hydrogen-bond donors (Lipinski definition) is 2. The van der Waals surface area contributed by atoms with Crippen LogP contribution in [0.4, 0.5) is 10.5 Å². The third-order valence-electron chi connectivity index (χ3n) is 3.85. The number of unbranched alkanes of at least 4 members (excludes halogenated alkanes) is 1. The Balaban J connectivity index is 2.53. The van der Waals surface area contributed by atoms with Gasteiger partial charge in [-0.1, -0.05) is 31.9 Å². The summed E-state index contributed by atoms with van der Waals surface area (Å²) in [5, 5.41) is 3.38. The smallest absolute Gasteiger partial charge is 0.404 e. The van der Waals surface area contributed by atoms with E-state index in [4.69, 9.17) is 15.2 Å². The highest BCUT2D eigenvalue weighted by Gasteiger charge is 2.12. The summed E-state index contributed by atoms with van der Waals surface area (Å²) in [6.07, 6.45) is 4.52. The molecule has 0 saturated heterocycles. The summed E-state index contributed by atoms with van der Waals surface area (Å²) in [4.78, 5) is 10.7. The zero-order valence-corrected chi connectivity index (χ0v) is 14.3. The lowest BCUT2D eigenvalue weighted by molar-refractivity contribution is 0.152. The highest BCUT2D eigenvalue weighted by Crippen LogP contribution is 2.27. The van der Waals surface area contributed by atoms with Crippen molar-refractivity contribution in [3.05, 3.63) is 29.8 Å². The summed E-state index contributed by atoms with van der Waals surface area (Å²) >= 11 is 0. The van der Waals surface area contributed by atoms with Crippen LogP contribution in [0, 0.1) is 0 Å². The van der Waals surface area contributed by atoms with Gasteiger partial charge in [0.2, 0.25) is 0 Å². The summed E-state index contributed by atoms with van der Waals surface area (Å²) in [5.41, 5.74) is 7.43. The van der Waals surface area contributed by atoms with Crippen molar-refractivity contribution in [3.63, 3.8) is 0 Å². The van der Waals surface area contributed by atoms with E-state index in [-0.39, 0.29) is 0 Å². The highest BCUT2D eigenvalue weighted by molar-refractivity contribution is 5.64. The number of nitrogens with one attached hydrogen (secondary N) is 1. The predicted octanol–water partition coefficient (Wildman–Crippen LogP) is 3.89. The Kier molecular flexibility index (Phi) is 9.87. The molecule has 1 rings (SSSR count). The van der Waals surface area contributed by atoms with Crippen molar-refractivity contribution in [2.45, 2.75) is 44.9 Å². The number of nitrogens with two attached hydrogens (primary N) is 1. The van der Waals surface area contributed by atoms with Crippen molar-refractivity contribution in [3.8, 4) is 0 Å². The van der Waals surface area contributed by atoms with Gasteiger partial charge in [-0.2, -0.15) is 0 Å². The Morgan fingerprint density at radius 3 is 2.52 bits per heavy atom. The second-order valence-corrected chi connectivity index (χ2v) is 5.69. The van der Waals surface area contributed by atoms with Crippen LogP contribution in [0.15, 0.2) is 24.3 Å². The molecular formula is C18H30N2O3. The van der Waals surface area contributed by atoms with E-state index in [9.17, 15) is 4.79 Å². The van der Waals surface area contributed by atoms with Crippen LogP contribution in [0.5, 0.6) is 0 Å². The van der Waals surface area contributed by atoms with E-state index in [2.05, 4.69) is 36.5 Å². The number of primary amides is 1. The van der Waals surface area contributed by atoms with Crippen LogP contribution in [-0.4, -0.2) is 33.0 Å². The number of rotatable bonds is 12. The Hall–Kier alpha value is -1.75. The van der Waals surface area contributed by atoms with Gasteiger partial charge >= 0.3 is 6.09 Å². The van der Waals surface area contributed by atoms with E-state index in [0.717, 1.165) is 50.9 Å². The zero-order valence-electron chi connectivity index (χ0n) is 14.3. The standard InChI is InChI=1S/C18H30N2O3/c1-3-4-6-15(11-14-23-18(19)21)16-7-9-17(10-8-16)20-12-5-13-22-2/h7-10,15,20H,3-6,11-14H2,1-2H3,(H2,19,21). The van der Waals surface area contributed by atoms with E-state index in [1.807, 2.05) is 0 Å². The van der Waals surface area contributed by atoms with Gasteiger partial charge in [-0.15, -0.1) is 0 Å². The summed E-state index contributed by atoms with van der Waals surface area (Å²) < 4.78 is 9.93. The third kappa shape index (κ3) is 8.45. The van der Waals surface area contributed by atoms with Gasteiger partial charge in [0.15, 0.2) is 0 Å². The molecule has 1 unspecified atom stereocenters. The average Bonchev–Trinajstić information content (AvgIpc) is 2.55. The first-order valence-corrected chi connectivity index (χ1v) is 8.42. The Morgan fingerprint density at radius 1 is 1.17 bits per heavy atom. The van der Waals surface area contributed by atoms with E-state index < -0.39 is 6.09 Å². The fraction of sp³-hybridized carbons (Fsp3) is 0.611. The molecule has 130 valence electrons. The zero-order chi connectivity index (χ0) is 16.9. The van der Waals surface area contributed by atoms with Gasteiger partial charge in [-0.3, -0.25) is 0 Å². The van der Waals surface area contributed by atoms with Crippen LogP contribution in [-0.2, 0) is 9.47 Å². The lowest BCUT2D eigenvalue weighted by Gasteiger charge is -2.17. The molecule has 0 saturated carbocycles. The molecule has 0 radical (unpaired) electrons. The lowest BCUT2D eigenvalue weighted by Crippen LogP contribution is -2.15. The molecule has 0 aromatic heterocycles. The number of hydrogen-bond acceptors (Lipinski definition) is 4. The van der Waals surface area contributed by atoms with Crippen LogP contribution >= 0.6 is 0 Å². The first-order chi connectivity index (χ1) is 11.2. The third-order valence-corrected chi connectivity index (χ3v) is 3.85. The molecule has 3 N–H and O–H groups in total. The Morgan fingerprint density at radius 2 is 1.91 bits per heavy atom. The highest BCUT2D eigenvalue weighted by atomic mass is 16.5. The first-order valence-electron chi connectivity index (χ1n) is 8.42. The number of anilines is 1. The first kappa shape index (κ1) is 19.3. The molecule has 5 nitrogen and oxygen atoms in total. The molecular weight excluding hydrogens is 292 g/mol. The summed E-state index contributed by atoms with van der Waals surface area (Å²) in [5.74, 6) is 0.400. The van der Waals surface area contributed by atoms with Gasteiger partial charge < -0.3 is 20.5 Å². The van der Waals surface area contributed by atoms with Crippen molar-refractivity contribution in [2.75, 3.05) is 32.2 Å². The van der Waals surface area contributed by atoms with E-state index >= 15 is 0 Å². The molecule has 0 aliphatic carbocycles. The van der Waals surface area contributed by atoms with Gasteiger partial charge in [0, 0.05) is 25.9 Å². The molecule has 5 heteroatoms. The van der Waals surface area contributed by atoms with Crippen molar-refractivity contribution in [1.29, 1.82) is 0 Å². The number of carbonyl (C=O) groups excluding carboxylic acids is 1. The molecule has 0 bridgehead atoms. The minimum absolute atomic E-state index is 0.376. The average molecular weight is 322 g/mol. The maximum Gasteiger partial charge on any atom is 0.404 e. The fourth-order valence-corrected chi connectivity index (χ4v) is 2.55. The van der Waals surface area contributed by atoms with E-state index in [1.54, 1.807) is 7.11 Å². The second-order valence-electron chi connectivity index (χ2n) is 5.69. The monoisotopic (exact) mass is 322 g/mol. The minimum atomic E-state index is -0.699. The normalized spacial score (nSPS) is 11.9. The molecule has 23 heavy (non-hydrogen) atoms. The summed E-state index contributed by atoms with van der Waals surface area (Å²) in [6.45, 7) is 4.23. The Labute approximate surface area is 139 Å². The Bertz CT molecular complexity index is 434. The van der Waals surface area contributed by atoms with Crippen LogP contribution in [0.3, 0.4) is 0 Å². The number of benzene rings is 1. The maximum absolute atomic E-state index is 10.7. The van der Waals surface area contributed by atoms with Crippen molar-refractivity contribution >= 4 is 11.8 Å². The van der Waals surface area contributed by atoms with Gasteiger partial charge in [0.25, 0.3) is 0 Å². The minimum Gasteiger partial charge on any atom is -0.450 e. The number of methoxy groups -OCH3 is 1. The van der Waals surface area contributed by atoms with Crippen molar-refractivity contribution in [1.82, 2.24) is 0 Å². The second kappa shape index (κ2) is 11.8. The molecule has 0 spiro atoms. The SMILES string of the molecule is CCCCC(CCOC(N)=O)c1ccc(NCCCOC)cc1. The van der Waals surface area contributed by atoms with Gasteiger partial charge in [0.1, 0.15) is 0 Å². The molecule has 1 aromatic carbocycles. The molecule has 1 atom stereocenters. The van der Waals surface area contributed by atoms with E-state index in [1.165, 1.54) is 5.56 Å². The summed E-state index contributed by atoms with van der Waals surface area (Å²) in [7, 11) is 1.72. The molecule has 1 amide bonds. The van der Waals surface area contributed by atoms with Gasteiger partial charge in [-0.05, 0) is 42.9 Å². The lowest BCUT2D eigenvalue weighted by atomic mass is 9.91. The van der Waals surface area contributed by atoms with Crippen LogP contribution < -0.4 is 11.1 Å². The van der Waals surface area contributed by atoms with Crippen molar-refractivity contribution in [2.24, 2.45) is 5.73 Å². The predicted molar refractivity (Wildman–Crippen MR) is 93.8 cm³/mol. The van der Waals surface area contributed by atoms with Gasteiger partial charge in [0.05, 0.1) is 6.61 Å². The summed E-state index contributed by atoms with van der Waals surface area (Å²) in [6, 6.07) is 8.53. The largest absolute Gasteiger partial charge is 0.450 e. The van der Waals surface area contributed by atoms with Crippen LogP contribution in [0.2, 0.25) is 0 Å². The fourth-order valence-electron chi connectivity index (χ4n) is 2.55. The number of amides is 1.